The molecule has 0 fully saturated rings. The van der Waals surface area contributed by atoms with Crippen molar-refractivity contribution < 1.29 is 22.8 Å². The second-order valence-electron chi connectivity index (χ2n) is 8.81. The summed E-state index contributed by atoms with van der Waals surface area (Å²) in [6.07, 6.45) is 2.96. The Kier molecular flexibility index (Phi) is 6.35. The zero-order chi connectivity index (χ0) is 24.3. The van der Waals surface area contributed by atoms with Gasteiger partial charge >= 0.3 is 0 Å². The van der Waals surface area contributed by atoms with Gasteiger partial charge in [0.1, 0.15) is 23.8 Å². The Hall–Kier alpha value is -4.15. The van der Waals surface area contributed by atoms with E-state index in [-0.39, 0.29) is 24.8 Å². The van der Waals surface area contributed by atoms with Gasteiger partial charge in [-0.2, -0.15) is 4.80 Å². The number of aromatic nitrogens is 4. The lowest BCUT2D eigenvalue weighted by Gasteiger charge is -2.31. The maximum absolute atomic E-state index is 13.5. The molecule has 178 valence electrons. The highest BCUT2D eigenvalue weighted by Crippen LogP contribution is 2.26. The van der Waals surface area contributed by atoms with E-state index in [1.54, 1.807) is 43.3 Å². The Balaban J connectivity index is 1.63. The lowest BCUT2D eigenvalue weighted by Crippen LogP contribution is -2.49. The molecule has 4 aromatic heterocycles. The molecule has 0 saturated heterocycles. The number of amides is 2. The molecule has 1 N–H and O–H groups in total. The molecule has 0 aromatic carbocycles. The van der Waals surface area contributed by atoms with Gasteiger partial charge in [0.2, 0.25) is 11.7 Å². The predicted octanol–water partition coefficient (Wildman–Crippen LogP) is 3.11. The maximum Gasteiger partial charge on any atom is 0.251 e. The van der Waals surface area contributed by atoms with Crippen molar-refractivity contribution in [1.29, 1.82) is 0 Å². The van der Waals surface area contributed by atoms with E-state index in [9.17, 15) is 9.59 Å². The van der Waals surface area contributed by atoms with E-state index in [4.69, 9.17) is 13.3 Å². The van der Waals surface area contributed by atoms with Crippen LogP contribution in [0.4, 0.5) is 0 Å². The Labute approximate surface area is 195 Å². The van der Waals surface area contributed by atoms with E-state index < -0.39 is 17.5 Å². The summed E-state index contributed by atoms with van der Waals surface area (Å²) in [7, 11) is 0. The summed E-state index contributed by atoms with van der Waals surface area (Å²) in [5, 5.41) is 15.1. The molecular weight excluding hydrogens is 440 g/mol. The van der Waals surface area contributed by atoms with Gasteiger partial charge < -0.3 is 23.5 Å². The van der Waals surface area contributed by atoms with E-state index in [0.717, 1.165) is 4.80 Å². The summed E-state index contributed by atoms with van der Waals surface area (Å²) in [6, 6.07) is 9.24. The minimum absolute atomic E-state index is 0.0354. The molecule has 0 unspecified atom stereocenters. The summed E-state index contributed by atoms with van der Waals surface area (Å²) in [6.45, 7) is 7.17. The van der Waals surface area contributed by atoms with Crippen LogP contribution in [0, 0.1) is 6.92 Å². The maximum atomic E-state index is 13.5. The minimum Gasteiger partial charge on any atom is -0.467 e. The molecule has 0 saturated carbocycles. The molecule has 4 aromatic rings. The lowest BCUT2D eigenvalue weighted by molar-refractivity contribution is -0.144. The number of carbonyl (C=O) groups excluding carboxylic acids is 2. The van der Waals surface area contributed by atoms with Gasteiger partial charge in [-0.05, 0) is 69.3 Å². The third kappa shape index (κ3) is 5.42. The summed E-state index contributed by atoms with van der Waals surface area (Å²) >= 11 is 0. The van der Waals surface area contributed by atoms with Crippen molar-refractivity contribution in [2.75, 3.05) is 0 Å². The van der Waals surface area contributed by atoms with Crippen LogP contribution >= 0.6 is 0 Å². The van der Waals surface area contributed by atoms with Crippen LogP contribution in [0.25, 0.3) is 11.6 Å². The number of nitrogens with one attached hydrogen (secondary N) is 1. The quantitative estimate of drug-likeness (QED) is 0.419. The second-order valence-corrected chi connectivity index (χ2v) is 8.81. The number of hydrogen-bond acceptors (Lipinski definition) is 8. The fraction of sp³-hybridized carbons (Fsp3) is 0.348. The first-order chi connectivity index (χ1) is 16.2. The van der Waals surface area contributed by atoms with Gasteiger partial charge in [0.05, 0.1) is 19.1 Å². The Morgan fingerprint density at radius 1 is 1.12 bits per heavy atom. The van der Waals surface area contributed by atoms with Crippen LogP contribution in [0.1, 0.15) is 44.1 Å². The first-order valence-electron chi connectivity index (χ1n) is 10.7. The van der Waals surface area contributed by atoms with E-state index >= 15 is 0 Å². The Bertz CT molecular complexity index is 1230. The van der Waals surface area contributed by atoms with Gasteiger partial charge in [0.15, 0.2) is 11.8 Å². The first kappa shape index (κ1) is 23.0. The van der Waals surface area contributed by atoms with Crippen molar-refractivity contribution in [3.63, 3.8) is 0 Å². The molecule has 34 heavy (non-hydrogen) atoms. The molecule has 2 amide bonds. The van der Waals surface area contributed by atoms with Crippen molar-refractivity contribution in [1.82, 2.24) is 30.4 Å². The zero-order valence-electron chi connectivity index (χ0n) is 19.4. The first-order valence-corrected chi connectivity index (χ1v) is 10.7. The number of nitrogens with zero attached hydrogens (tertiary/aromatic N) is 5. The zero-order valence-corrected chi connectivity index (χ0v) is 19.4. The van der Waals surface area contributed by atoms with Crippen molar-refractivity contribution >= 4 is 11.8 Å². The van der Waals surface area contributed by atoms with Crippen LogP contribution in [0.2, 0.25) is 0 Å². The van der Waals surface area contributed by atoms with Crippen LogP contribution in [0.3, 0.4) is 0 Å². The fourth-order valence-corrected chi connectivity index (χ4v) is 3.38. The number of carbonyl (C=O) groups is 2. The molecule has 0 aliphatic heterocycles. The number of rotatable bonds is 8. The largest absolute Gasteiger partial charge is 0.467 e. The molecule has 0 aliphatic rings. The summed E-state index contributed by atoms with van der Waals surface area (Å²) in [5.41, 5.74) is -0.523. The van der Waals surface area contributed by atoms with Gasteiger partial charge in [0, 0.05) is 5.54 Å². The van der Waals surface area contributed by atoms with E-state index in [0.29, 0.717) is 23.0 Å². The van der Waals surface area contributed by atoms with Crippen LogP contribution in [0.15, 0.2) is 62.2 Å². The monoisotopic (exact) mass is 466 g/mol. The van der Waals surface area contributed by atoms with Crippen LogP contribution < -0.4 is 5.32 Å². The van der Waals surface area contributed by atoms with Crippen molar-refractivity contribution in [2.45, 2.75) is 52.4 Å². The molecule has 11 heteroatoms. The highest BCUT2D eigenvalue weighted by molar-refractivity contribution is 5.88. The third-order valence-electron chi connectivity index (χ3n) is 4.79. The Morgan fingerprint density at radius 2 is 1.88 bits per heavy atom. The van der Waals surface area contributed by atoms with Gasteiger partial charge in [-0.25, -0.2) is 0 Å². The van der Waals surface area contributed by atoms with Gasteiger partial charge in [-0.1, -0.05) is 0 Å². The highest BCUT2D eigenvalue weighted by Gasteiger charge is 2.36. The van der Waals surface area contributed by atoms with Crippen molar-refractivity contribution in [3.8, 4) is 11.6 Å². The predicted molar refractivity (Wildman–Crippen MR) is 119 cm³/mol. The molecule has 0 aliphatic carbocycles. The molecular formula is C23H26N6O5. The average molecular weight is 466 g/mol. The molecule has 4 rings (SSSR count). The molecule has 0 spiro atoms. The topological polar surface area (TPSA) is 132 Å². The second kappa shape index (κ2) is 9.38. The lowest BCUT2D eigenvalue weighted by atomic mass is 10.1. The smallest absolute Gasteiger partial charge is 0.251 e. The molecule has 1 atom stereocenters. The third-order valence-corrected chi connectivity index (χ3v) is 4.79. The number of aryl methyl sites for hydroxylation is 1. The number of tetrazole rings is 1. The van der Waals surface area contributed by atoms with Gasteiger partial charge in [-0.3, -0.25) is 9.59 Å². The van der Waals surface area contributed by atoms with Crippen LogP contribution in [-0.2, 0) is 22.7 Å². The van der Waals surface area contributed by atoms with Gasteiger partial charge in [0.25, 0.3) is 5.91 Å². The summed E-state index contributed by atoms with van der Waals surface area (Å²) < 4.78 is 16.5. The minimum atomic E-state index is -1.04. The van der Waals surface area contributed by atoms with Crippen molar-refractivity contribution in [3.05, 3.63) is 66.2 Å². The van der Waals surface area contributed by atoms with Crippen LogP contribution in [-0.4, -0.2) is 42.5 Å². The summed E-state index contributed by atoms with van der Waals surface area (Å²) in [4.78, 5) is 29.4. The number of furan rings is 3. The summed E-state index contributed by atoms with van der Waals surface area (Å²) in [5.74, 6) is 1.42. The molecule has 4 heterocycles. The van der Waals surface area contributed by atoms with E-state index in [1.807, 2.05) is 20.8 Å². The van der Waals surface area contributed by atoms with Crippen LogP contribution in [0.5, 0.6) is 0 Å². The van der Waals surface area contributed by atoms with E-state index in [1.165, 1.54) is 17.4 Å². The van der Waals surface area contributed by atoms with Gasteiger partial charge in [-0.15, -0.1) is 10.2 Å². The van der Waals surface area contributed by atoms with Crippen molar-refractivity contribution in [2.24, 2.45) is 0 Å². The normalized spacial score (nSPS) is 12.5. The Morgan fingerprint density at radius 3 is 2.50 bits per heavy atom. The molecule has 0 radical (unpaired) electrons. The average Bonchev–Trinajstić information content (AvgIpc) is 3.55. The SMILES string of the molecule is Cc1ccc(-c2nnn(CC(=O)N(Cc3ccco3)[C@H](C(=O)NC(C)(C)C)c3ccco3)n2)o1. The highest BCUT2D eigenvalue weighted by atomic mass is 16.3. The number of hydrogen-bond donors (Lipinski definition) is 1. The fourth-order valence-electron chi connectivity index (χ4n) is 3.38. The molecule has 11 nitrogen and oxygen atoms in total. The van der Waals surface area contributed by atoms with E-state index in [2.05, 4.69) is 20.7 Å². The molecule has 0 bridgehead atoms. The standard InChI is InChI=1S/C23H26N6O5/c1-15-9-10-18(34-15)21-25-27-29(26-21)14-19(30)28(13-16-7-5-11-32-16)20(17-8-6-12-33-17)22(31)24-23(2,3)4/h5-12,20H,13-14H2,1-4H3,(H,24,31)/t20-/m0/s1.